The van der Waals surface area contributed by atoms with E-state index in [1.165, 1.54) is 251 Å². The molecule has 6 aliphatic carbocycles. The quantitative estimate of drug-likeness (QED) is 0.154. The van der Waals surface area contributed by atoms with E-state index in [1.807, 2.05) is 0 Å². The van der Waals surface area contributed by atoms with Crippen molar-refractivity contribution in [2.75, 3.05) is 0 Å². The summed E-state index contributed by atoms with van der Waals surface area (Å²) in [6.45, 7) is 13.1. The average molecular weight is 1590 g/mol. The van der Waals surface area contributed by atoms with Crippen molar-refractivity contribution >= 4 is 64.6 Å². The second kappa shape index (κ2) is 32.1. The number of aryl methyl sites for hydroxylation is 6. The maximum Gasteiger partial charge on any atom is 0.0713 e. The Bertz CT molecular complexity index is 7210. The summed E-state index contributed by atoms with van der Waals surface area (Å²) in [6.07, 6.45) is 13.7. The molecule has 0 amide bonds. The molecule has 20 aromatic rings. The normalized spacial score (nSPS) is 15.0. The van der Waals surface area contributed by atoms with E-state index in [0.717, 1.165) is 0 Å². The van der Waals surface area contributed by atoms with Crippen molar-refractivity contribution in [2.45, 2.75) is 127 Å². The van der Waals surface area contributed by atoms with Crippen LogP contribution in [-0.4, -0.2) is 0 Å². The second-order valence-corrected chi connectivity index (χ2v) is 36.2. The molecule has 6 aliphatic rings. The van der Waals surface area contributed by atoms with E-state index < -0.39 is 0 Å². The van der Waals surface area contributed by atoms with Crippen LogP contribution in [0.4, 0.5) is 0 Å². The standard InChI is InChI=1S/2C26H20.2C19H20.2C17H12/c1-19-16-17-25-23(18-19)22-14-8-9-15-24(22)26(25,20-10-4-2-5-11-20)21-12-6-3-7-13-21;1-19-16-17-23-22-14-8-9-15-24(22)26(25(23)18-19,20-10-4-2-5-11-20)21-12-6-3-7-13-21;1-14-9-10-18-16(13-14)15-7-3-4-8-17(15)19(18)11-5-2-6-12-19;1-14-9-10-16-15-7-3-4-8-17(15)19(18(16)13-14)11-5-2-6-12-19;1-11-10-14-6-2-4-12-8-9-13-5-3-7-15(11)17(13)16(12)14;1-11-9-14-7-5-12-3-2-4-13-6-8-15(10-11)17(14)16(12)13/h2*2-18H,1H3;2*3-4,7-10,13H,2,5-6,11-12H2,1H3;2*2-10H,1H3. The Hall–Kier alpha value is -13.5. The van der Waals surface area contributed by atoms with Gasteiger partial charge in [0.1, 0.15) is 0 Å². The highest BCUT2D eigenvalue weighted by Gasteiger charge is 2.49. The molecule has 2 saturated carbocycles. The lowest BCUT2D eigenvalue weighted by molar-refractivity contribution is 0.352. The molecule has 0 N–H and O–H groups in total. The monoisotopic (exact) mass is 1590 g/mol. The van der Waals surface area contributed by atoms with E-state index >= 15 is 0 Å². The van der Waals surface area contributed by atoms with E-state index in [4.69, 9.17) is 0 Å². The summed E-state index contributed by atoms with van der Waals surface area (Å²) in [6, 6.07) is 147. The lowest BCUT2D eigenvalue weighted by Crippen LogP contribution is -2.28. The molecule has 0 atom stereocenters. The van der Waals surface area contributed by atoms with Gasteiger partial charge in [0.2, 0.25) is 0 Å². The molecule has 124 heavy (non-hydrogen) atoms. The molecule has 0 bridgehead atoms. The number of benzene rings is 20. The summed E-state index contributed by atoms with van der Waals surface area (Å²) in [5.74, 6) is 0. The molecular formula is C124H104. The van der Waals surface area contributed by atoms with Crippen molar-refractivity contribution in [1.82, 2.24) is 0 Å². The SMILES string of the molecule is Cc1cc2ccc3cccc4ccc(c1)c2c34.Cc1cc2cccc3ccc4cccc1c4c32.Cc1ccc2c(c1)-c1ccccc1C2(c1ccccc1)c1ccccc1.Cc1ccc2c(c1)-c1ccccc1C21CCCCC1.Cc1ccc2c(c1)C(c1ccccc1)(c1ccccc1)c1ccccc1-2.Cc1ccc2c(c1)C1(CCCCC1)c1ccccc1-2. The minimum atomic E-state index is -0.263. The molecule has 0 saturated heterocycles. The molecule has 0 nitrogen and oxygen atoms in total. The molecule has 0 aliphatic heterocycles. The lowest BCUT2D eigenvalue weighted by Gasteiger charge is -2.36. The highest BCUT2D eigenvalue weighted by atomic mass is 14.5. The molecule has 0 heteroatoms. The topological polar surface area (TPSA) is 0 Å². The van der Waals surface area contributed by atoms with E-state index in [-0.39, 0.29) is 10.8 Å². The fourth-order valence-corrected chi connectivity index (χ4v) is 23.5. The highest BCUT2D eigenvalue weighted by molar-refractivity contribution is 6.24. The van der Waals surface area contributed by atoms with Crippen molar-refractivity contribution in [2.24, 2.45) is 0 Å². The Morgan fingerprint density at radius 2 is 0.460 bits per heavy atom. The fraction of sp³-hybridized carbons (Fsp3) is 0.161. The van der Waals surface area contributed by atoms with Crippen LogP contribution in [0.3, 0.4) is 0 Å². The van der Waals surface area contributed by atoms with Gasteiger partial charge in [0.15, 0.2) is 0 Å². The van der Waals surface area contributed by atoms with Gasteiger partial charge in [-0.1, -0.05) is 461 Å². The van der Waals surface area contributed by atoms with Crippen LogP contribution in [0.1, 0.15) is 164 Å². The zero-order valence-electron chi connectivity index (χ0n) is 72.2. The van der Waals surface area contributed by atoms with Crippen molar-refractivity contribution in [3.63, 3.8) is 0 Å². The van der Waals surface area contributed by atoms with Crippen LogP contribution in [0.15, 0.2) is 400 Å². The van der Waals surface area contributed by atoms with Crippen LogP contribution in [0.25, 0.3) is 109 Å². The molecule has 0 aromatic heterocycles. The number of hydrogen-bond donors (Lipinski definition) is 0. The Labute approximate surface area is 732 Å². The molecular weight excluding hydrogens is 1490 g/mol. The minimum Gasteiger partial charge on any atom is -0.0622 e. The van der Waals surface area contributed by atoms with E-state index in [0.29, 0.717) is 10.8 Å². The molecule has 2 spiro atoms. The molecule has 0 unspecified atom stereocenters. The minimum absolute atomic E-state index is 0.262. The van der Waals surface area contributed by atoms with Crippen molar-refractivity contribution in [1.29, 1.82) is 0 Å². The Kier molecular flexibility index (Phi) is 20.1. The first-order valence-corrected chi connectivity index (χ1v) is 45.3. The predicted octanol–water partition coefficient (Wildman–Crippen LogP) is 33.0. The van der Waals surface area contributed by atoms with Crippen LogP contribution < -0.4 is 0 Å². The van der Waals surface area contributed by atoms with Gasteiger partial charge in [-0.2, -0.15) is 0 Å². The summed E-state index contributed by atoms with van der Waals surface area (Å²) < 4.78 is 0. The van der Waals surface area contributed by atoms with Crippen molar-refractivity contribution < 1.29 is 0 Å². The maximum atomic E-state index is 2.45. The largest absolute Gasteiger partial charge is 0.0713 e. The van der Waals surface area contributed by atoms with Gasteiger partial charge in [-0.15, -0.1) is 0 Å². The third kappa shape index (κ3) is 12.9. The molecule has 0 heterocycles. The highest BCUT2D eigenvalue weighted by Crippen LogP contribution is 2.61. The fourth-order valence-electron chi connectivity index (χ4n) is 23.5. The van der Waals surface area contributed by atoms with E-state index in [1.54, 1.807) is 22.3 Å². The van der Waals surface area contributed by atoms with Gasteiger partial charge in [0, 0.05) is 10.8 Å². The lowest BCUT2D eigenvalue weighted by atomic mass is 9.67. The summed E-state index contributed by atoms with van der Waals surface area (Å²) in [5, 5.41) is 16.4. The van der Waals surface area contributed by atoms with Gasteiger partial charge in [0.05, 0.1) is 10.8 Å². The first-order chi connectivity index (χ1) is 60.9. The van der Waals surface area contributed by atoms with Crippen LogP contribution in [0.5, 0.6) is 0 Å². The number of hydrogen-bond acceptors (Lipinski definition) is 0. The van der Waals surface area contributed by atoms with Gasteiger partial charge >= 0.3 is 0 Å². The van der Waals surface area contributed by atoms with Gasteiger partial charge in [0.25, 0.3) is 0 Å². The average Bonchev–Trinajstić information content (AvgIpc) is 1.55. The van der Waals surface area contributed by atoms with Crippen LogP contribution in [-0.2, 0) is 21.7 Å². The zero-order chi connectivity index (χ0) is 83.7. The molecule has 26 rings (SSSR count). The van der Waals surface area contributed by atoms with Gasteiger partial charge in [-0.05, 0) is 254 Å². The van der Waals surface area contributed by atoms with Crippen molar-refractivity contribution in [3.05, 3.63) is 501 Å². The van der Waals surface area contributed by atoms with Gasteiger partial charge in [-0.25, -0.2) is 0 Å². The maximum absolute atomic E-state index is 2.45. The van der Waals surface area contributed by atoms with E-state index in [9.17, 15) is 0 Å². The van der Waals surface area contributed by atoms with Crippen molar-refractivity contribution in [3.8, 4) is 44.5 Å². The predicted molar refractivity (Wildman–Crippen MR) is 528 cm³/mol. The van der Waals surface area contributed by atoms with Crippen LogP contribution in [0, 0.1) is 41.5 Å². The number of fused-ring (bicyclic) bond motifs is 16. The smallest absolute Gasteiger partial charge is 0.0622 e. The first-order valence-electron chi connectivity index (χ1n) is 45.3. The van der Waals surface area contributed by atoms with Crippen LogP contribution >= 0.6 is 0 Å². The Morgan fingerprint density at radius 3 is 0.944 bits per heavy atom. The Morgan fingerprint density at radius 1 is 0.169 bits per heavy atom. The zero-order valence-corrected chi connectivity index (χ0v) is 72.2. The molecule has 0 radical (unpaired) electrons. The van der Waals surface area contributed by atoms with Crippen LogP contribution in [0.2, 0.25) is 0 Å². The summed E-state index contributed by atoms with van der Waals surface area (Å²) in [4.78, 5) is 0. The molecule has 20 aromatic carbocycles. The van der Waals surface area contributed by atoms with Gasteiger partial charge < -0.3 is 0 Å². The summed E-state index contributed by atoms with van der Waals surface area (Å²) >= 11 is 0. The number of rotatable bonds is 4. The molecule has 2 fully saturated rings. The van der Waals surface area contributed by atoms with E-state index in [2.05, 4.69) is 442 Å². The second-order valence-electron chi connectivity index (χ2n) is 36.2. The summed E-state index contributed by atoms with van der Waals surface area (Å²) in [5.41, 5.74) is 36.7. The first kappa shape index (κ1) is 77.8. The van der Waals surface area contributed by atoms with Gasteiger partial charge in [-0.3, -0.25) is 0 Å². The third-order valence-electron chi connectivity index (χ3n) is 28.8. The molecule has 600 valence electrons. The Balaban J connectivity index is 0.0000000920. The third-order valence-corrected chi connectivity index (χ3v) is 28.8. The summed E-state index contributed by atoms with van der Waals surface area (Å²) in [7, 11) is 0.